The summed E-state index contributed by atoms with van der Waals surface area (Å²) in [5.74, 6) is 0.834. The van der Waals surface area contributed by atoms with E-state index in [0.717, 1.165) is 37.3 Å². The van der Waals surface area contributed by atoms with Crippen LogP contribution in [0.5, 0.6) is 0 Å². The molecule has 0 bridgehead atoms. The largest absolute Gasteiger partial charge is 0.314 e. The van der Waals surface area contributed by atoms with E-state index in [2.05, 4.69) is 22.2 Å². The van der Waals surface area contributed by atoms with Crippen LogP contribution in [0, 0.1) is 0 Å². The molecule has 4 nitrogen and oxygen atoms in total. The quantitative estimate of drug-likeness (QED) is 0.829. The van der Waals surface area contributed by atoms with E-state index in [-0.39, 0.29) is 5.56 Å². The molecule has 1 atom stereocenters. The van der Waals surface area contributed by atoms with Gasteiger partial charge in [0.2, 0.25) is 0 Å². The Hall–Kier alpha value is -1.16. The van der Waals surface area contributed by atoms with Gasteiger partial charge in [0.25, 0.3) is 5.56 Å². The number of hydrogen-bond donors (Lipinski definition) is 2. The van der Waals surface area contributed by atoms with Gasteiger partial charge in [-0.1, -0.05) is 19.8 Å². The molecule has 1 aliphatic heterocycles. The predicted octanol–water partition coefficient (Wildman–Crippen LogP) is 1.41. The number of aryl methyl sites for hydroxylation is 1. The molecule has 0 spiro atoms. The summed E-state index contributed by atoms with van der Waals surface area (Å²) in [5, 5.41) is 3.48. The van der Waals surface area contributed by atoms with Crippen LogP contribution in [0.4, 0.5) is 0 Å². The fourth-order valence-corrected chi connectivity index (χ4v) is 2.38. The number of nitrogens with zero attached hydrogens (tertiary/aromatic N) is 1. The van der Waals surface area contributed by atoms with Crippen LogP contribution in [0.3, 0.4) is 0 Å². The number of rotatable bonds is 4. The second kappa shape index (κ2) is 5.96. The second-order valence-electron chi connectivity index (χ2n) is 4.78. The van der Waals surface area contributed by atoms with E-state index in [1.54, 1.807) is 6.07 Å². The number of piperidine rings is 1. The molecule has 94 valence electrons. The fourth-order valence-electron chi connectivity index (χ4n) is 2.38. The van der Waals surface area contributed by atoms with E-state index in [1.165, 1.54) is 19.3 Å². The van der Waals surface area contributed by atoms with E-state index in [0.29, 0.717) is 6.04 Å². The van der Waals surface area contributed by atoms with Crippen molar-refractivity contribution in [3.05, 3.63) is 27.9 Å². The van der Waals surface area contributed by atoms with Crippen LogP contribution >= 0.6 is 0 Å². The van der Waals surface area contributed by atoms with Gasteiger partial charge in [-0.15, -0.1) is 0 Å². The lowest BCUT2D eigenvalue weighted by atomic mass is 10.0. The minimum Gasteiger partial charge on any atom is -0.314 e. The maximum atomic E-state index is 11.5. The summed E-state index contributed by atoms with van der Waals surface area (Å²) >= 11 is 0. The summed E-state index contributed by atoms with van der Waals surface area (Å²) in [6.07, 6.45) is 6.47. The molecule has 0 amide bonds. The van der Waals surface area contributed by atoms with Gasteiger partial charge in [-0.2, -0.15) is 0 Å². The van der Waals surface area contributed by atoms with Gasteiger partial charge in [-0.3, -0.25) is 4.79 Å². The van der Waals surface area contributed by atoms with Crippen molar-refractivity contribution in [1.82, 2.24) is 15.3 Å². The smallest absolute Gasteiger partial charge is 0.251 e. The zero-order valence-corrected chi connectivity index (χ0v) is 10.5. The number of nitrogens with one attached hydrogen (secondary N) is 2. The molecule has 1 saturated heterocycles. The zero-order valence-electron chi connectivity index (χ0n) is 10.5. The lowest BCUT2D eigenvalue weighted by molar-refractivity contribution is 0.393. The van der Waals surface area contributed by atoms with Crippen molar-refractivity contribution < 1.29 is 0 Å². The highest BCUT2D eigenvalue weighted by Crippen LogP contribution is 2.10. The Bertz CT molecular complexity index is 407. The zero-order chi connectivity index (χ0) is 12.1. The predicted molar refractivity (Wildman–Crippen MR) is 68.2 cm³/mol. The van der Waals surface area contributed by atoms with Gasteiger partial charge in [0.15, 0.2) is 0 Å². The Morgan fingerprint density at radius 1 is 1.47 bits per heavy atom. The van der Waals surface area contributed by atoms with Crippen LogP contribution in [-0.2, 0) is 12.8 Å². The monoisotopic (exact) mass is 235 g/mol. The first-order valence-corrected chi connectivity index (χ1v) is 6.60. The van der Waals surface area contributed by atoms with Gasteiger partial charge in [0.1, 0.15) is 5.82 Å². The Balaban J connectivity index is 2.06. The van der Waals surface area contributed by atoms with Gasteiger partial charge < -0.3 is 10.3 Å². The van der Waals surface area contributed by atoms with Crippen molar-refractivity contribution in [2.24, 2.45) is 0 Å². The van der Waals surface area contributed by atoms with Crippen LogP contribution in [-0.4, -0.2) is 22.6 Å². The van der Waals surface area contributed by atoms with E-state index in [9.17, 15) is 4.79 Å². The van der Waals surface area contributed by atoms with Crippen molar-refractivity contribution in [2.45, 2.75) is 51.5 Å². The topological polar surface area (TPSA) is 57.8 Å². The minimum absolute atomic E-state index is 0.0192. The molecule has 1 unspecified atom stereocenters. The molecule has 17 heavy (non-hydrogen) atoms. The maximum absolute atomic E-state index is 11.5. The average molecular weight is 235 g/mol. The molecule has 1 aromatic heterocycles. The SMILES string of the molecule is CCCc1cc(=O)[nH]c(CC2CCCCN2)n1. The number of aromatic nitrogens is 2. The normalized spacial score (nSPS) is 20.4. The molecule has 0 aromatic carbocycles. The Morgan fingerprint density at radius 3 is 3.06 bits per heavy atom. The summed E-state index contributed by atoms with van der Waals surface area (Å²) in [4.78, 5) is 18.9. The Morgan fingerprint density at radius 2 is 2.35 bits per heavy atom. The first-order valence-electron chi connectivity index (χ1n) is 6.60. The molecule has 2 N–H and O–H groups in total. The van der Waals surface area contributed by atoms with Gasteiger partial charge in [-0.25, -0.2) is 4.98 Å². The van der Waals surface area contributed by atoms with Crippen molar-refractivity contribution in [3.63, 3.8) is 0 Å². The fraction of sp³-hybridized carbons (Fsp3) is 0.692. The summed E-state index contributed by atoms with van der Waals surface area (Å²) in [5.41, 5.74) is 0.899. The van der Waals surface area contributed by atoms with Gasteiger partial charge in [-0.05, 0) is 25.8 Å². The molecule has 0 saturated carbocycles. The lowest BCUT2D eigenvalue weighted by Gasteiger charge is -2.22. The molecule has 4 heteroatoms. The van der Waals surface area contributed by atoms with Crippen LogP contribution in [0.15, 0.2) is 10.9 Å². The highest BCUT2D eigenvalue weighted by atomic mass is 16.1. The van der Waals surface area contributed by atoms with E-state index >= 15 is 0 Å². The Labute approximate surface area is 102 Å². The lowest BCUT2D eigenvalue weighted by Crippen LogP contribution is -2.36. The van der Waals surface area contributed by atoms with Crippen molar-refractivity contribution in [3.8, 4) is 0 Å². The first kappa shape index (κ1) is 12.3. The average Bonchev–Trinajstić information content (AvgIpc) is 2.30. The summed E-state index contributed by atoms with van der Waals surface area (Å²) in [7, 11) is 0. The summed E-state index contributed by atoms with van der Waals surface area (Å²) < 4.78 is 0. The standard InChI is InChI=1S/C13H21N3O/c1-2-5-11-9-13(17)16-12(15-11)8-10-6-3-4-7-14-10/h9-10,14H,2-8H2,1H3,(H,15,16,17). The molecular weight excluding hydrogens is 214 g/mol. The van der Waals surface area contributed by atoms with Crippen molar-refractivity contribution in [1.29, 1.82) is 0 Å². The number of aromatic amines is 1. The highest BCUT2D eigenvalue weighted by molar-refractivity contribution is 5.04. The van der Waals surface area contributed by atoms with Crippen LogP contribution in [0.25, 0.3) is 0 Å². The molecule has 1 aromatic rings. The molecule has 2 rings (SSSR count). The van der Waals surface area contributed by atoms with Crippen LogP contribution in [0.1, 0.15) is 44.1 Å². The van der Waals surface area contributed by atoms with E-state index in [4.69, 9.17) is 0 Å². The summed E-state index contributed by atoms with van der Waals surface area (Å²) in [6.45, 7) is 3.19. The molecule has 0 aliphatic carbocycles. The van der Waals surface area contributed by atoms with Crippen LogP contribution < -0.4 is 10.9 Å². The van der Waals surface area contributed by atoms with E-state index in [1.807, 2.05) is 0 Å². The minimum atomic E-state index is -0.0192. The van der Waals surface area contributed by atoms with Gasteiger partial charge in [0, 0.05) is 24.2 Å². The third-order valence-corrected chi connectivity index (χ3v) is 3.20. The highest BCUT2D eigenvalue weighted by Gasteiger charge is 2.14. The molecule has 2 heterocycles. The van der Waals surface area contributed by atoms with Crippen molar-refractivity contribution in [2.75, 3.05) is 6.54 Å². The van der Waals surface area contributed by atoms with E-state index < -0.39 is 0 Å². The Kier molecular flexibility index (Phi) is 4.31. The molecule has 0 radical (unpaired) electrons. The summed E-state index contributed by atoms with van der Waals surface area (Å²) in [6, 6.07) is 2.09. The van der Waals surface area contributed by atoms with Gasteiger partial charge in [0.05, 0.1) is 0 Å². The van der Waals surface area contributed by atoms with Gasteiger partial charge >= 0.3 is 0 Å². The molecular formula is C13H21N3O. The second-order valence-corrected chi connectivity index (χ2v) is 4.78. The number of H-pyrrole nitrogens is 1. The third kappa shape index (κ3) is 3.66. The third-order valence-electron chi connectivity index (χ3n) is 3.20. The van der Waals surface area contributed by atoms with Crippen molar-refractivity contribution >= 4 is 0 Å². The number of hydrogen-bond acceptors (Lipinski definition) is 3. The molecule has 1 fully saturated rings. The first-order chi connectivity index (χ1) is 8.28. The molecule has 1 aliphatic rings. The maximum Gasteiger partial charge on any atom is 0.251 e. The van der Waals surface area contributed by atoms with Crippen LogP contribution in [0.2, 0.25) is 0 Å².